The number of aromatic amines is 1. The lowest BCUT2D eigenvalue weighted by Gasteiger charge is -2.05. The van der Waals surface area contributed by atoms with E-state index in [0.29, 0.717) is 12.1 Å². The maximum absolute atomic E-state index is 11.5. The second kappa shape index (κ2) is 7.90. The Kier molecular flexibility index (Phi) is 6.47. The third kappa shape index (κ3) is 4.90. The molecule has 0 spiro atoms. The van der Waals surface area contributed by atoms with E-state index in [1.807, 2.05) is 0 Å². The Morgan fingerprint density at radius 3 is 2.33 bits per heavy atom. The fourth-order valence-electron chi connectivity index (χ4n) is 2.02. The number of hydrogen-bond acceptors (Lipinski definition) is 2. The van der Waals surface area contributed by atoms with Crippen molar-refractivity contribution in [3.05, 3.63) is 32.6 Å². The molecule has 0 radical (unpaired) electrons. The van der Waals surface area contributed by atoms with Gasteiger partial charge in [-0.1, -0.05) is 45.4 Å². The Hall–Kier alpha value is -1.32. The summed E-state index contributed by atoms with van der Waals surface area (Å²) in [6.07, 6.45) is 10.2. The zero-order valence-corrected chi connectivity index (χ0v) is 11.5. The van der Waals surface area contributed by atoms with E-state index in [9.17, 15) is 9.59 Å². The molecule has 0 aliphatic heterocycles. The van der Waals surface area contributed by atoms with E-state index >= 15 is 0 Å². The monoisotopic (exact) mass is 252 g/mol. The van der Waals surface area contributed by atoms with Gasteiger partial charge >= 0.3 is 5.69 Å². The van der Waals surface area contributed by atoms with Crippen LogP contribution in [0.25, 0.3) is 0 Å². The molecule has 18 heavy (non-hydrogen) atoms. The molecule has 1 rings (SSSR count). The molecule has 102 valence electrons. The fraction of sp³-hybridized carbons (Fsp3) is 0.714. The van der Waals surface area contributed by atoms with Gasteiger partial charge in [-0.15, -0.1) is 0 Å². The largest absolute Gasteiger partial charge is 0.328 e. The molecule has 0 saturated heterocycles. The number of unbranched alkanes of at least 4 members (excludes halogenated alkanes) is 6. The predicted octanol–water partition coefficient (Wildman–Crippen LogP) is 2.60. The molecule has 4 nitrogen and oxygen atoms in total. The highest BCUT2D eigenvalue weighted by atomic mass is 16.2. The quantitative estimate of drug-likeness (QED) is 0.723. The van der Waals surface area contributed by atoms with Gasteiger partial charge in [-0.3, -0.25) is 9.78 Å². The molecular weight excluding hydrogens is 228 g/mol. The van der Waals surface area contributed by atoms with E-state index in [1.165, 1.54) is 32.1 Å². The van der Waals surface area contributed by atoms with Crippen molar-refractivity contribution in [2.45, 2.75) is 65.3 Å². The van der Waals surface area contributed by atoms with Crippen molar-refractivity contribution >= 4 is 0 Å². The lowest BCUT2D eigenvalue weighted by molar-refractivity contribution is 0.535. The third-order valence-corrected chi connectivity index (χ3v) is 3.19. The highest BCUT2D eigenvalue weighted by Gasteiger charge is 2.00. The number of nitrogens with one attached hydrogen (secondary N) is 1. The molecule has 0 saturated carbocycles. The summed E-state index contributed by atoms with van der Waals surface area (Å²) in [5.74, 6) is 0. The van der Waals surface area contributed by atoms with Crippen LogP contribution in [0.15, 0.2) is 15.8 Å². The van der Waals surface area contributed by atoms with Crippen LogP contribution < -0.4 is 11.2 Å². The Morgan fingerprint density at radius 2 is 1.67 bits per heavy atom. The van der Waals surface area contributed by atoms with Crippen LogP contribution in [0.4, 0.5) is 0 Å². The van der Waals surface area contributed by atoms with Gasteiger partial charge in [-0.25, -0.2) is 4.79 Å². The smallest absolute Gasteiger partial charge is 0.300 e. The summed E-state index contributed by atoms with van der Waals surface area (Å²) in [4.78, 5) is 25.0. The Bertz CT molecular complexity index is 460. The van der Waals surface area contributed by atoms with Crippen LogP contribution in [0, 0.1) is 6.92 Å². The van der Waals surface area contributed by atoms with Crippen LogP contribution in [-0.2, 0) is 6.54 Å². The number of aromatic nitrogens is 2. The standard InChI is InChI=1S/C14H24N2O2/c1-3-4-5-6-7-8-9-10-16-11-12(2)13(17)15-14(16)18/h11H,3-10H2,1-2H3,(H,15,17,18). The minimum Gasteiger partial charge on any atom is -0.300 e. The molecule has 0 amide bonds. The van der Waals surface area contributed by atoms with E-state index in [1.54, 1.807) is 17.7 Å². The second-order valence-electron chi connectivity index (χ2n) is 4.89. The van der Waals surface area contributed by atoms with E-state index < -0.39 is 0 Å². The van der Waals surface area contributed by atoms with E-state index in [0.717, 1.165) is 12.8 Å². The molecule has 4 heteroatoms. The molecule has 1 N–H and O–H groups in total. The summed E-state index contributed by atoms with van der Waals surface area (Å²) >= 11 is 0. The normalized spacial score (nSPS) is 10.8. The molecule has 1 heterocycles. The number of aryl methyl sites for hydroxylation is 2. The van der Waals surface area contributed by atoms with Gasteiger partial charge in [0.25, 0.3) is 5.56 Å². The van der Waals surface area contributed by atoms with Crippen LogP contribution in [0.1, 0.15) is 57.4 Å². The number of H-pyrrole nitrogens is 1. The van der Waals surface area contributed by atoms with Gasteiger partial charge in [0.1, 0.15) is 0 Å². The van der Waals surface area contributed by atoms with E-state index in [4.69, 9.17) is 0 Å². The average molecular weight is 252 g/mol. The minimum absolute atomic E-state index is 0.282. The second-order valence-corrected chi connectivity index (χ2v) is 4.89. The lowest BCUT2D eigenvalue weighted by atomic mass is 10.1. The molecule has 0 atom stereocenters. The van der Waals surface area contributed by atoms with Crippen LogP contribution in [0.3, 0.4) is 0 Å². The van der Waals surface area contributed by atoms with Crippen molar-refractivity contribution in [1.82, 2.24) is 9.55 Å². The van der Waals surface area contributed by atoms with Gasteiger partial charge < -0.3 is 4.57 Å². The van der Waals surface area contributed by atoms with Gasteiger partial charge in [-0.05, 0) is 13.3 Å². The molecule has 0 bridgehead atoms. The minimum atomic E-state index is -0.295. The average Bonchev–Trinajstić information content (AvgIpc) is 2.34. The molecule has 0 unspecified atom stereocenters. The van der Waals surface area contributed by atoms with Crippen molar-refractivity contribution in [2.24, 2.45) is 0 Å². The summed E-state index contributed by atoms with van der Waals surface area (Å²) in [6, 6.07) is 0. The third-order valence-electron chi connectivity index (χ3n) is 3.19. The summed E-state index contributed by atoms with van der Waals surface area (Å²) in [6.45, 7) is 4.63. The first-order valence-electron chi connectivity index (χ1n) is 6.95. The molecule has 0 aromatic carbocycles. The highest BCUT2D eigenvalue weighted by molar-refractivity contribution is 5.00. The number of rotatable bonds is 8. The lowest BCUT2D eigenvalue weighted by Crippen LogP contribution is -2.30. The molecule has 0 aliphatic carbocycles. The summed E-state index contributed by atoms with van der Waals surface area (Å²) in [5, 5.41) is 0. The summed E-state index contributed by atoms with van der Waals surface area (Å²) < 4.78 is 1.60. The van der Waals surface area contributed by atoms with Gasteiger partial charge in [0.05, 0.1) is 0 Å². The zero-order chi connectivity index (χ0) is 13.4. The Morgan fingerprint density at radius 1 is 1.06 bits per heavy atom. The van der Waals surface area contributed by atoms with Crippen LogP contribution >= 0.6 is 0 Å². The van der Waals surface area contributed by atoms with Gasteiger partial charge in [0.15, 0.2) is 0 Å². The first kappa shape index (κ1) is 14.7. The Labute approximate surface area is 108 Å². The Balaban J connectivity index is 2.30. The zero-order valence-electron chi connectivity index (χ0n) is 11.5. The maximum Gasteiger partial charge on any atom is 0.328 e. The van der Waals surface area contributed by atoms with Gasteiger partial charge in [0.2, 0.25) is 0 Å². The number of hydrogen-bond donors (Lipinski definition) is 1. The van der Waals surface area contributed by atoms with Crippen molar-refractivity contribution < 1.29 is 0 Å². The molecule has 0 aliphatic rings. The topological polar surface area (TPSA) is 54.9 Å². The molecule has 1 aromatic heterocycles. The first-order valence-corrected chi connectivity index (χ1v) is 6.95. The fourth-order valence-corrected chi connectivity index (χ4v) is 2.02. The van der Waals surface area contributed by atoms with E-state index in [-0.39, 0.29) is 11.2 Å². The predicted molar refractivity (Wildman–Crippen MR) is 74.1 cm³/mol. The van der Waals surface area contributed by atoms with Gasteiger partial charge in [-0.2, -0.15) is 0 Å². The molecule has 0 fully saturated rings. The van der Waals surface area contributed by atoms with Crippen LogP contribution in [0.5, 0.6) is 0 Å². The van der Waals surface area contributed by atoms with Crippen LogP contribution in [0.2, 0.25) is 0 Å². The maximum atomic E-state index is 11.5. The molecule has 1 aromatic rings. The summed E-state index contributed by atoms with van der Waals surface area (Å²) in [5.41, 5.74) is 0.0185. The molecular formula is C14H24N2O2. The number of nitrogens with zero attached hydrogens (tertiary/aromatic N) is 1. The van der Waals surface area contributed by atoms with E-state index in [2.05, 4.69) is 11.9 Å². The van der Waals surface area contributed by atoms with Crippen molar-refractivity contribution in [3.8, 4) is 0 Å². The summed E-state index contributed by atoms with van der Waals surface area (Å²) in [7, 11) is 0. The van der Waals surface area contributed by atoms with Crippen LogP contribution in [-0.4, -0.2) is 9.55 Å². The highest BCUT2D eigenvalue weighted by Crippen LogP contribution is 2.07. The first-order chi connectivity index (χ1) is 8.65. The van der Waals surface area contributed by atoms with Gasteiger partial charge in [0, 0.05) is 18.3 Å². The SMILES string of the molecule is CCCCCCCCCn1cc(C)c(=O)[nH]c1=O. The van der Waals surface area contributed by atoms with Crippen molar-refractivity contribution in [2.75, 3.05) is 0 Å². The van der Waals surface area contributed by atoms with Crippen molar-refractivity contribution in [3.63, 3.8) is 0 Å². The van der Waals surface area contributed by atoms with Crippen molar-refractivity contribution in [1.29, 1.82) is 0 Å².